The van der Waals surface area contributed by atoms with E-state index in [1.165, 1.54) is 5.56 Å². The number of nitrogens with one attached hydrogen (secondary N) is 1. The second-order valence-corrected chi connectivity index (χ2v) is 1.87. The van der Waals surface area contributed by atoms with Crippen molar-refractivity contribution in [1.82, 2.24) is 5.43 Å². The van der Waals surface area contributed by atoms with Crippen molar-refractivity contribution in [2.75, 3.05) is 0 Å². The van der Waals surface area contributed by atoms with Crippen LogP contribution in [-0.2, 0) is 6.54 Å². The van der Waals surface area contributed by atoms with Crippen molar-refractivity contribution in [2.45, 2.75) is 6.54 Å². The number of halogens is 1. The normalized spacial score (nSPS) is 8.50. The molecule has 1 aromatic carbocycles. The van der Waals surface area contributed by atoms with E-state index in [2.05, 4.69) is 5.43 Å². The van der Waals surface area contributed by atoms with Gasteiger partial charge in [-0.15, -0.1) is 12.4 Å². The molecule has 2 nitrogen and oxygen atoms in total. The maximum Gasteiger partial charge on any atom is 0.0348 e. The van der Waals surface area contributed by atoms with Crippen LogP contribution in [0.5, 0.6) is 0 Å². The van der Waals surface area contributed by atoms with Gasteiger partial charge in [0, 0.05) is 6.54 Å². The third-order valence-corrected chi connectivity index (χ3v) is 1.15. The lowest BCUT2D eigenvalue weighted by atomic mass is 10.2. The molecule has 0 atom stereocenters. The molecule has 0 radical (unpaired) electrons. The minimum Gasteiger partial charge on any atom is -0.271 e. The summed E-state index contributed by atoms with van der Waals surface area (Å²) >= 11 is 0. The zero-order valence-electron chi connectivity index (χ0n) is 5.58. The van der Waals surface area contributed by atoms with Crippen LogP contribution in [0.15, 0.2) is 30.3 Å². The molecule has 0 saturated carbocycles. The number of hydrazine groups is 1. The van der Waals surface area contributed by atoms with E-state index in [9.17, 15) is 0 Å². The number of rotatable bonds is 2. The largest absolute Gasteiger partial charge is 0.271 e. The lowest BCUT2D eigenvalue weighted by Crippen LogP contribution is -2.20. The Morgan fingerprint density at radius 2 is 1.80 bits per heavy atom. The van der Waals surface area contributed by atoms with Gasteiger partial charge in [0.15, 0.2) is 0 Å². The summed E-state index contributed by atoms with van der Waals surface area (Å²) in [6.07, 6.45) is 0. The molecule has 3 N–H and O–H groups in total. The van der Waals surface area contributed by atoms with Gasteiger partial charge in [-0.2, -0.15) is 0 Å². The SMILES string of the molecule is Cl.NNCc1ccccc1. The maximum atomic E-state index is 5.11. The van der Waals surface area contributed by atoms with E-state index in [0.29, 0.717) is 0 Å². The zero-order valence-corrected chi connectivity index (χ0v) is 6.40. The molecule has 10 heavy (non-hydrogen) atoms. The first kappa shape index (κ1) is 9.43. The van der Waals surface area contributed by atoms with Crippen LogP contribution in [0.25, 0.3) is 0 Å². The maximum absolute atomic E-state index is 5.11. The quantitative estimate of drug-likeness (QED) is 0.499. The van der Waals surface area contributed by atoms with Crippen LogP contribution >= 0.6 is 12.4 Å². The molecule has 0 heterocycles. The fraction of sp³-hybridized carbons (Fsp3) is 0.143. The molecule has 0 spiro atoms. The monoisotopic (exact) mass is 158 g/mol. The minimum absolute atomic E-state index is 0. The number of benzene rings is 1. The topological polar surface area (TPSA) is 38.0 Å². The summed E-state index contributed by atoms with van der Waals surface area (Å²) in [5, 5.41) is 0. The molecule has 0 aliphatic heterocycles. The Morgan fingerprint density at radius 3 is 2.30 bits per heavy atom. The first-order valence-electron chi connectivity index (χ1n) is 2.91. The van der Waals surface area contributed by atoms with Crippen molar-refractivity contribution in [1.29, 1.82) is 0 Å². The molecule has 1 rings (SSSR count). The number of nitrogens with two attached hydrogens (primary N) is 1. The highest BCUT2D eigenvalue weighted by Gasteiger charge is 1.83. The molecule has 0 bridgehead atoms. The molecule has 3 heteroatoms. The summed E-state index contributed by atoms with van der Waals surface area (Å²) in [4.78, 5) is 0. The van der Waals surface area contributed by atoms with Gasteiger partial charge >= 0.3 is 0 Å². The predicted octanol–water partition coefficient (Wildman–Crippen LogP) is 1.07. The Bertz CT molecular complexity index is 165. The average molecular weight is 159 g/mol. The molecule has 0 fully saturated rings. The molecule has 0 aromatic heterocycles. The van der Waals surface area contributed by atoms with Crippen molar-refractivity contribution < 1.29 is 0 Å². The van der Waals surface area contributed by atoms with Gasteiger partial charge in [0.25, 0.3) is 0 Å². The van der Waals surface area contributed by atoms with Gasteiger partial charge in [-0.05, 0) is 5.56 Å². The Balaban J connectivity index is 0.000000810. The number of hydrogen-bond acceptors (Lipinski definition) is 2. The van der Waals surface area contributed by atoms with E-state index >= 15 is 0 Å². The van der Waals surface area contributed by atoms with E-state index in [-0.39, 0.29) is 12.4 Å². The van der Waals surface area contributed by atoms with Crippen LogP contribution in [0, 0.1) is 0 Å². The lowest BCUT2D eigenvalue weighted by Gasteiger charge is -1.95. The summed E-state index contributed by atoms with van der Waals surface area (Å²) in [6, 6.07) is 10.0. The van der Waals surface area contributed by atoms with E-state index < -0.39 is 0 Å². The third kappa shape index (κ3) is 2.82. The summed E-state index contributed by atoms with van der Waals surface area (Å²) < 4.78 is 0. The van der Waals surface area contributed by atoms with Gasteiger partial charge in [0.05, 0.1) is 0 Å². The summed E-state index contributed by atoms with van der Waals surface area (Å²) in [7, 11) is 0. The van der Waals surface area contributed by atoms with Crippen molar-refractivity contribution >= 4 is 12.4 Å². The fourth-order valence-electron chi connectivity index (χ4n) is 0.714. The Labute approximate surface area is 66.8 Å². The first-order valence-corrected chi connectivity index (χ1v) is 2.91. The standard InChI is InChI=1S/C7H10N2.ClH/c8-9-6-7-4-2-1-3-5-7;/h1-5,9H,6,8H2;1H. The summed E-state index contributed by atoms with van der Waals surface area (Å²) in [5.74, 6) is 5.11. The minimum atomic E-state index is 0. The van der Waals surface area contributed by atoms with Crippen LogP contribution in [-0.4, -0.2) is 0 Å². The van der Waals surface area contributed by atoms with Gasteiger partial charge in [0.1, 0.15) is 0 Å². The molecule has 1 aromatic rings. The molecule has 0 aliphatic rings. The molecule has 0 amide bonds. The lowest BCUT2D eigenvalue weighted by molar-refractivity contribution is 0.741. The Morgan fingerprint density at radius 1 is 1.20 bits per heavy atom. The van der Waals surface area contributed by atoms with Crippen molar-refractivity contribution in [3.05, 3.63) is 35.9 Å². The molecule has 0 saturated heterocycles. The first-order chi connectivity index (χ1) is 4.43. The van der Waals surface area contributed by atoms with E-state index in [1.807, 2.05) is 30.3 Å². The van der Waals surface area contributed by atoms with Crippen molar-refractivity contribution in [3.8, 4) is 0 Å². The average Bonchev–Trinajstić information content (AvgIpc) is 1.91. The van der Waals surface area contributed by atoms with E-state index in [1.54, 1.807) is 0 Å². The van der Waals surface area contributed by atoms with Gasteiger partial charge in [-0.1, -0.05) is 30.3 Å². The molecule has 56 valence electrons. The van der Waals surface area contributed by atoms with Crippen molar-refractivity contribution in [2.24, 2.45) is 5.84 Å². The summed E-state index contributed by atoms with van der Waals surface area (Å²) in [6.45, 7) is 0.737. The van der Waals surface area contributed by atoms with Crippen LogP contribution < -0.4 is 11.3 Å². The second-order valence-electron chi connectivity index (χ2n) is 1.87. The van der Waals surface area contributed by atoms with Crippen LogP contribution in [0.4, 0.5) is 0 Å². The predicted molar refractivity (Wildman–Crippen MR) is 44.7 cm³/mol. The smallest absolute Gasteiger partial charge is 0.0348 e. The second kappa shape index (κ2) is 5.23. The van der Waals surface area contributed by atoms with Crippen molar-refractivity contribution in [3.63, 3.8) is 0 Å². The van der Waals surface area contributed by atoms with Crippen LogP contribution in [0.2, 0.25) is 0 Å². The fourth-order valence-corrected chi connectivity index (χ4v) is 0.714. The van der Waals surface area contributed by atoms with Crippen LogP contribution in [0.1, 0.15) is 5.56 Å². The molecular weight excluding hydrogens is 148 g/mol. The van der Waals surface area contributed by atoms with Crippen LogP contribution in [0.3, 0.4) is 0 Å². The van der Waals surface area contributed by atoms with Gasteiger partial charge in [-0.3, -0.25) is 11.3 Å². The summed E-state index contributed by atoms with van der Waals surface area (Å²) in [5.41, 5.74) is 3.79. The zero-order chi connectivity index (χ0) is 6.53. The van der Waals surface area contributed by atoms with E-state index in [0.717, 1.165) is 6.54 Å². The third-order valence-electron chi connectivity index (χ3n) is 1.15. The van der Waals surface area contributed by atoms with Gasteiger partial charge in [0.2, 0.25) is 0 Å². The van der Waals surface area contributed by atoms with Gasteiger partial charge < -0.3 is 0 Å². The Kier molecular flexibility index (Phi) is 4.94. The molecule has 0 aliphatic carbocycles. The number of hydrogen-bond donors (Lipinski definition) is 2. The van der Waals surface area contributed by atoms with Gasteiger partial charge in [-0.25, -0.2) is 0 Å². The Hall–Kier alpha value is -0.570. The molecule has 0 unspecified atom stereocenters. The molecular formula is C7H11ClN2. The van der Waals surface area contributed by atoms with E-state index in [4.69, 9.17) is 5.84 Å². The highest BCUT2D eigenvalue weighted by Crippen LogP contribution is 1.95. The highest BCUT2D eigenvalue weighted by molar-refractivity contribution is 5.85. The highest BCUT2D eigenvalue weighted by atomic mass is 35.5.